The van der Waals surface area contributed by atoms with Crippen LogP contribution in [0, 0.1) is 11.8 Å². The van der Waals surface area contributed by atoms with Crippen LogP contribution in [0.25, 0.3) is 53.2 Å². The van der Waals surface area contributed by atoms with E-state index in [0.717, 1.165) is 12.8 Å². The molecule has 0 bridgehead atoms. The molecule has 3 unspecified atom stereocenters. The van der Waals surface area contributed by atoms with Crippen molar-refractivity contribution in [1.29, 1.82) is 0 Å². The van der Waals surface area contributed by atoms with E-state index in [1.807, 2.05) is 11.3 Å². The minimum absolute atomic E-state index is 0.144. The Balaban J connectivity index is 0.988. The Hall–Kier alpha value is -7.72. The molecule has 2 nitrogen and oxygen atoms in total. The predicted octanol–water partition coefficient (Wildman–Crippen LogP) is 17.9. The van der Waals surface area contributed by atoms with Crippen LogP contribution in [-0.4, -0.2) is 0 Å². The lowest BCUT2D eigenvalue weighted by molar-refractivity contribution is 0.350. The first-order valence-electron chi connectivity index (χ1n) is 24.3. The number of thiophene rings is 1. The molecule has 0 radical (unpaired) electrons. The number of nitrogens with zero attached hydrogens (tertiary/aromatic N) is 2. The largest absolute Gasteiger partial charge is 0.310 e. The fraction of sp³-hybridized carbons (Fsp3) is 0.108. The molecule has 0 N–H and O–H groups in total. The number of anilines is 6. The van der Waals surface area contributed by atoms with E-state index < -0.39 is 0 Å². The highest BCUT2D eigenvalue weighted by molar-refractivity contribution is 7.25. The van der Waals surface area contributed by atoms with Crippen LogP contribution in [0.3, 0.4) is 0 Å². The first kappa shape index (κ1) is 39.4. The second kappa shape index (κ2) is 15.7. The minimum Gasteiger partial charge on any atom is -0.310 e. The van der Waals surface area contributed by atoms with E-state index in [4.69, 9.17) is 0 Å². The van der Waals surface area contributed by atoms with E-state index in [-0.39, 0.29) is 5.41 Å². The van der Waals surface area contributed by atoms with Crippen molar-refractivity contribution < 1.29 is 0 Å². The quantitative estimate of drug-likeness (QED) is 0.150. The predicted molar refractivity (Wildman–Crippen MR) is 288 cm³/mol. The van der Waals surface area contributed by atoms with Crippen molar-refractivity contribution in [3.05, 3.63) is 253 Å². The average Bonchev–Trinajstić information content (AvgIpc) is 4.14. The molecule has 3 heteroatoms. The van der Waals surface area contributed by atoms with Gasteiger partial charge in [0.2, 0.25) is 0 Å². The fourth-order valence-electron chi connectivity index (χ4n) is 13.0. The normalized spacial score (nSPS) is 17.8. The van der Waals surface area contributed by atoms with Gasteiger partial charge >= 0.3 is 0 Å². The van der Waals surface area contributed by atoms with Gasteiger partial charge in [-0.15, -0.1) is 11.3 Å². The highest BCUT2D eigenvalue weighted by Gasteiger charge is 2.62. The topological polar surface area (TPSA) is 6.48 Å². The summed E-state index contributed by atoms with van der Waals surface area (Å²) in [5.41, 5.74) is 18.2. The molecule has 10 aromatic carbocycles. The summed E-state index contributed by atoms with van der Waals surface area (Å²) < 4.78 is 2.64. The van der Waals surface area contributed by atoms with Crippen LogP contribution in [0.15, 0.2) is 231 Å². The summed E-state index contributed by atoms with van der Waals surface area (Å²) in [5, 5.41) is 5.15. The summed E-state index contributed by atoms with van der Waals surface area (Å²) in [4.78, 5) is 5.15. The minimum atomic E-state index is -0.144. The van der Waals surface area contributed by atoms with E-state index >= 15 is 0 Å². The van der Waals surface area contributed by atoms with Crippen LogP contribution in [0.5, 0.6) is 0 Å². The van der Waals surface area contributed by atoms with Crippen molar-refractivity contribution in [3.63, 3.8) is 0 Å². The van der Waals surface area contributed by atoms with Gasteiger partial charge in [-0.25, -0.2) is 0 Å². The van der Waals surface area contributed by atoms with Crippen molar-refractivity contribution >= 4 is 76.4 Å². The molecule has 1 saturated carbocycles. The number of fused-ring (bicyclic) bond motifs is 6. The molecule has 11 aromatic rings. The lowest BCUT2D eigenvalue weighted by Gasteiger charge is -2.40. The van der Waals surface area contributed by atoms with E-state index in [1.165, 1.54) is 122 Å². The van der Waals surface area contributed by atoms with E-state index in [9.17, 15) is 0 Å². The van der Waals surface area contributed by atoms with E-state index in [1.54, 1.807) is 0 Å². The fourth-order valence-corrected chi connectivity index (χ4v) is 14.2. The maximum Gasteiger partial charge on any atom is 0.0505 e. The summed E-state index contributed by atoms with van der Waals surface area (Å²) in [7, 11) is 0. The maximum atomic E-state index is 2.62. The van der Waals surface area contributed by atoms with Crippen LogP contribution in [-0.2, 0) is 18.3 Å². The molecule has 1 heterocycles. The lowest BCUT2D eigenvalue weighted by Crippen LogP contribution is -2.34. The molecule has 14 rings (SSSR count). The smallest absolute Gasteiger partial charge is 0.0505 e. The number of hydrogen-bond donors (Lipinski definition) is 0. The molecule has 0 amide bonds. The zero-order valence-electron chi connectivity index (χ0n) is 37.7. The lowest BCUT2D eigenvalue weighted by atomic mass is 9.68. The number of hydrogen-bond acceptors (Lipinski definition) is 3. The van der Waals surface area contributed by atoms with Crippen molar-refractivity contribution in [2.75, 3.05) is 9.80 Å². The Morgan fingerprint density at radius 3 is 1.44 bits per heavy atom. The van der Waals surface area contributed by atoms with Crippen molar-refractivity contribution in [2.24, 2.45) is 11.8 Å². The average molecular weight is 889 g/mol. The van der Waals surface area contributed by atoms with Crippen LogP contribution in [0.2, 0.25) is 0 Å². The van der Waals surface area contributed by atoms with Crippen LogP contribution in [0.1, 0.15) is 35.1 Å². The van der Waals surface area contributed by atoms with Gasteiger partial charge < -0.3 is 9.80 Å². The third kappa shape index (κ3) is 6.02. The summed E-state index contributed by atoms with van der Waals surface area (Å²) in [6, 6.07) is 86.4. The molecule has 68 heavy (non-hydrogen) atoms. The molecular weight excluding hydrogens is 841 g/mol. The number of rotatable bonds is 8. The monoisotopic (exact) mass is 888 g/mol. The number of benzene rings is 10. The highest BCUT2D eigenvalue weighted by Crippen LogP contribution is 2.69. The van der Waals surface area contributed by atoms with Crippen LogP contribution in [0.4, 0.5) is 34.1 Å². The van der Waals surface area contributed by atoms with Gasteiger partial charge in [0.15, 0.2) is 0 Å². The maximum absolute atomic E-state index is 2.62. The second-order valence-corrected chi connectivity index (χ2v) is 20.2. The zero-order valence-corrected chi connectivity index (χ0v) is 38.5. The highest BCUT2D eigenvalue weighted by atomic mass is 32.1. The van der Waals surface area contributed by atoms with Gasteiger partial charge in [0.1, 0.15) is 0 Å². The van der Waals surface area contributed by atoms with Gasteiger partial charge in [0.25, 0.3) is 0 Å². The zero-order chi connectivity index (χ0) is 44.8. The van der Waals surface area contributed by atoms with Gasteiger partial charge in [-0.1, -0.05) is 152 Å². The van der Waals surface area contributed by atoms with Gasteiger partial charge in [-0.05, 0) is 172 Å². The summed E-state index contributed by atoms with van der Waals surface area (Å²) >= 11 is 1.90. The Bertz CT molecular complexity index is 3660. The summed E-state index contributed by atoms with van der Waals surface area (Å²) in [5.74, 6) is 1.02. The standard InChI is InChI=1S/C65H48N2S/c1-4-16-43(17-5-1)57-40-45-18-10-11-19-46(45)41-58(57)44-30-34-53(35-31-44)67(54-36-37-56-55-26-12-13-29-61(55)68-62(56)42-54)60-28-15-21-48-39-50-33-32-49-38-47-20-14-27-59(63(47)65(49,50)64(48)60)66(51-22-6-2-7-23-51)52-24-8-3-9-25-52/h1-31,34-37,40-42,49-50H,32-33,38-39H2. The molecule has 1 spiro atoms. The van der Waals surface area contributed by atoms with Crippen molar-refractivity contribution in [2.45, 2.75) is 31.1 Å². The SMILES string of the molecule is c1ccc(-c2cc3ccccc3cc2-c2ccc(N(c3ccc4c(c3)sc3ccccc34)c3cccc4c3C35c6c(cccc6N(c6ccccc6)c6ccccc6)CC3CCC5C4)cc2)cc1. The van der Waals surface area contributed by atoms with Crippen LogP contribution >= 0.6 is 11.3 Å². The molecule has 324 valence electrons. The molecule has 1 aromatic heterocycles. The Labute approximate surface area is 402 Å². The molecule has 3 aliphatic rings. The first-order chi connectivity index (χ1) is 33.7. The van der Waals surface area contributed by atoms with Gasteiger partial charge in [-0.3, -0.25) is 0 Å². The van der Waals surface area contributed by atoms with Crippen LogP contribution < -0.4 is 9.80 Å². The molecule has 0 saturated heterocycles. The van der Waals surface area contributed by atoms with Crippen molar-refractivity contribution in [3.8, 4) is 22.3 Å². The molecule has 1 fully saturated rings. The second-order valence-electron chi connectivity index (χ2n) is 19.1. The van der Waals surface area contributed by atoms with Crippen molar-refractivity contribution in [1.82, 2.24) is 0 Å². The van der Waals surface area contributed by atoms with E-state index in [2.05, 4.69) is 240 Å². The van der Waals surface area contributed by atoms with Gasteiger partial charge in [-0.2, -0.15) is 0 Å². The molecule has 3 atom stereocenters. The van der Waals surface area contributed by atoms with Gasteiger partial charge in [0, 0.05) is 48.3 Å². The van der Waals surface area contributed by atoms with Gasteiger partial charge in [0.05, 0.1) is 11.4 Å². The molecule has 3 aliphatic carbocycles. The Morgan fingerprint density at radius 1 is 0.368 bits per heavy atom. The Morgan fingerprint density at radius 2 is 0.838 bits per heavy atom. The third-order valence-electron chi connectivity index (χ3n) is 15.7. The molecular formula is C65H48N2S. The Kier molecular flexibility index (Phi) is 9.10. The summed E-state index contributed by atoms with van der Waals surface area (Å²) in [6.45, 7) is 0. The first-order valence-corrected chi connectivity index (χ1v) is 25.1. The van der Waals surface area contributed by atoms with E-state index in [0.29, 0.717) is 11.8 Å². The summed E-state index contributed by atoms with van der Waals surface area (Å²) in [6.07, 6.45) is 4.67. The third-order valence-corrected chi connectivity index (χ3v) is 16.8. The number of para-hydroxylation sites is 2. The molecule has 0 aliphatic heterocycles.